The first-order valence-electron chi connectivity index (χ1n) is 9.24. The number of hydrogen-bond donors (Lipinski definition) is 1. The molecule has 6 nitrogen and oxygen atoms in total. The van der Waals surface area contributed by atoms with Crippen LogP contribution in [0, 0.1) is 11.3 Å². The third kappa shape index (κ3) is 5.97. The fourth-order valence-corrected chi connectivity index (χ4v) is 3.04. The van der Waals surface area contributed by atoms with Crippen molar-refractivity contribution in [1.29, 1.82) is 5.26 Å². The second-order valence-corrected chi connectivity index (χ2v) is 7.79. The van der Waals surface area contributed by atoms with Gasteiger partial charge in [0, 0.05) is 15.2 Å². The Morgan fingerprint density at radius 1 is 1.03 bits per heavy atom. The number of amides is 1. The second-order valence-electron chi connectivity index (χ2n) is 6.44. The van der Waals surface area contributed by atoms with Gasteiger partial charge in [-0.3, -0.25) is 4.79 Å². The van der Waals surface area contributed by atoms with E-state index in [1.54, 1.807) is 60.7 Å². The molecule has 0 heterocycles. The van der Waals surface area contributed by atoms with Gasteiger partial charge in [-0.2, -0.15) is 5.26 Å². The summed E-state index contributed by atoms with van der Waals surface area (Å²) < 4.78 is 11.6. The van der Waals surface area contributed by atoms with E-state index in [0.717, 1.165) is 4.47 Å². The summed E-state index contributed by atoms with van der Waals surface area (Å²) in [4.78, 5) is 24.8. The van der Waals surface area contributed by atoms with Crippen LogP contribution in [0.4, 0.5) is 5.69 Å². The van der Waals surface area contributed by atoms with Crippen molar-refractivity contribution in [2.75, 3.05) is 12.4 Å². The number of nitriles is 1. The Morgan fingerprint density at radius 2 is 1.72 bits per heavy atom. The lowest BCUT2D eigenvalue weighted by atomic mass is 10.1. The van der Waals surface area contributed by atoms with E-state index in [-0.39, 0.29) is 17.1 Å². The molecular weight excluding hydrogens is 496 g/mol. The maximum atomic E-state index is 12.5. The van der Waals surface area contributed by atoms with Crippen molar-refractivity contribution in [2.24, 2.45) is 0 Å². The molecule has 0 radical (unpaired) electrons. The highest BCUT2D eigenvalue weighted by Crippen LogP contribution is 2.30. The number of hydrogen-bond acceptors (Lipinski definition) is 5. The molecule has 8 heteroatoms. The predicted octanol–water partition coefficient (Wildman–Crippen LogP) is 5.88. The number of esters is 1. The lowest BCUT2D eigenvalue weighted by Gasteiger charge is -2.10. The molecule has 3 aromatic carbocycles. The summed E-state index contributed by atoms with van der Waals surface area (Å²) in [6, 6.07) is 19.9. The minimum absolute atomic E-state index is 0.0964. The Hall–Kier alpha value is -3.60. The van der Waals surface area contributed by atoms with E-state index in [1.165, 1.54) is 19.3 Å². The van der Waals surface area contributed by atoms with Gasteiger partial charge < -0.3 is 14.8 Å². The quantitative estimate of drug-likeness (QED) is 0.193. The van der Waals surface area contributed by atoms with Gasteiger partial charge in [0.15, 0.2) is 11.5 Å². The molecule has 160 valence electrons. The SMILES string of the molecule is COc1cc(/C=C(\C#N)C(=O)Nc2ccc(Br)cc2)ccc1OC(=O)c1ccc(Cl)cc1. The van der Waals surface area contributed by atoms with Crippen molar-refractivity contribution in [3.8, 4) is 17.6 Å². The fourth-order valence-electron chi connectivity index (χ4n) is 2.65. The molecule has 0 saturated heterocycles. The standard InChI is InChI=1S/C24H16BrClN2O4/c1-31-22-13-15(2-11-21(22)32-24(30)16-3-7-19(26)8-4-16)12-17(14-27)23(29)28-20-9-5-18(25)6-10-20/h2-13H,1H3,(H,28,29)/b17-12+. The predicted molar refractivity (Wildman–Crippen MR) is 126 cm³/mol. The van der Waals surface area contributed by atoms with Crippen LogP contribution in [0.3, 0.4) is 0 Å². The normalized spacial score (nSPS) is 10.8. The van der Waals surface area contributed by atoms with Gasteiger partial charge in [0.2, 0.25) is 0 Å². The van der Waals surface area contributed by atoms with Crippen molar-refractivity contribution in [2.45, 2.75) is 0 Å². The maximum absolute atomic E-state index is 12.5. The van der Waals surface area contributed by atoms with Crippen molar-refractivity contribution in [1.82, 2.24) is 0 Å². The van der Waals surface area contributed by atoms with Gasteiger partial charge >= 0.3 is 5.97 Å². The molecule has 0 aliphatic rings. The summed E-state index contributed by atoms with van der Waals surface area (Å²) in [5.41, 5.74) is 1.31. The molecule has 0 bridgehead atoms. The number of rotatable bonds is 6. The van der Waals surface area contributed by atoms with Crippen molar-refractivity contribution in [3.05, 3.63) is 92.9 Å². The molecular formula is C24H16BrClN2O4. The Balaban J connectivity index is 1.78. The molecule has 1 amide bonds. The number of carbonyl (C=O) groups is 2. The van der Waals surface area contributed by atoms with Crippen molar-refractivity contribution >= 4 is 51.2 Å². The van der Waals surface area contributed by atoms with E-state index in [1.807, 2.05) is 6.07 Å². The van der Waals surface area contributed by atoms with Crippen LogP contribution < -0.4 is 14.8 Å². The Kier molecular flexibility index (Phi) is 7.66. The largest absolute Gasteiger partial charge is 0.493 e. The topological polar surface area (TPSA) is 88.4 Å². The van der Waals surface area contributed by atoms with Crippen LogP contribution in [0.25, 0.3) is 6.08 Å². The summed E-state index contributed by atoms with van der Waals surface area (Å²) in [7, 11) is 1.42. The lowest BCUT2D eigenvalue weighted by Crippen LogP contribution is -2.13. The molecule has 0 fully saturated rings. The van der Waals surface area contributed by atoms with Crippen LogP contribution in [0.15, 0.2) is 76.8 Å². The third-order valence-corrected chi connectivity index (χ3v) is 5.03. The van der Waals surface area contributed by atoms with Crippen molar-refractivity contribution < 1.29 is 19.1 Å². The monoisotopic (exact) mass is 510 g/mol. The van der Waals surface area contributed by atoms with Crippen LogP contribution in [0.2, 0.25) is 5.02 Å². The number of ether oxygens (including phenoxy) is 2. The summed E-state index contributed by atoms with van der Waals surface area (Å²) in [6.07, 6.45) is 1.42. The van der Waals surface area contributed by atoms with E-state index in [9.17, 15) is 14.9 Å². The molecule has 3 aromatic rings. The zero-order valence-electron chi connectivity index (χ0n) is 16.8. The molecule has 0 saturated carbocycles. The maximum Gasteiger partial charge on any atom is 0.343 e. The zero-order valence-corrected chi connectivity index (χ0v) is 19.1. The molecule has 0 unspecified atom stereocenters. The van der Waals surface area contributed by atoms with E-state index in [2.05, 4.69) is 21.2 Å². The number of benzene rings is 3. The van der Waals surface area contributed by atoms with E-state index >= 15 is 0 Å². The summed E-state index contributed by atoms with van der Waals surface area (Å²) >= 11 is 9.16. The first-order chi connectivity index (χ1) is 15.4. The molecule has 32 heavy (non-hydrogen) atoms. The minimum Gasteiger partial charge on any atom is -0.493 e. The Labute approximate surface area is 198 Å². The first-order valence-corrected chi connectivity index (χ1v) is 10.4. The highest BCUT2D eigenvalue weighted by molar-refractivity contribution is 9.10. The number of carbonyl (C=O) groups excluding carboxylic acids is 2. The average molecular weight is 512 g/mol. The number of halogens is 2. The summed E-state index contributed by atoms with van der Waals surface area (Å²) in [5, 5.41) is 12.6. The smallest absolute Gasteiger partial charge is 0.343 e. The van der Waals surface area contributed by atoms with E-state index in [4.69, 9.17) is 21.1 Å². The lowest BCUT2D eigenvalue weighted by molar-refractivity contribution is -0.112. The third-order valence-electron chi connectivity index (χ3n) is 4.25. The van der Waals surface area contributed by atoms with E-state index < -0.39 is 11.9 Å². The Bertz CT molecular complexity index is 1220. The van der Waals surface area contributed by atoms with Gasteiger partial charge in [0.05, 0.1) is 12.7 Å². The Morgan fingerprint density at radius 3 is 2.34 bits per heavy atom. The number of anilines is 1. The summed E-state index contributed by atoms with van der Waals surface area (Å²) in [5.74, 6) is -0.657. The average Bonchev–Trinajstić information content (AvgIpc) is 2.80. The van der Waals surface area contributed by atoms with Crippen LogP contribution in [0.5, 0.6) is 11.5 Å². The fraction of sp³-hybridized carbons (Fsp3) is 0.0417. The molecule has 0 aliphatic heterocycles. The number of nitrogens with zero attached hydrogens (tertiary/aromatic N) is 1. The molecule has 0 spiro atoms. The molecule has 0 atom stereocenters. The van der Waals surface area contributed by atoms with Gasteiger partial charge in [-0.05, 0) is 72.3 Å². The van der Waals surface area contributed by atoms with Crippen LogP contribution in [-0.4, -0.2) is 19.0 Å². The van der Waals surface area contributed by atoms with Crippen molar-refractivity contribution in [3.63, 3.8) is 0 Å². The van der Waals surface area contributed by atoms with Crippen LogP contribution in [-0.2, 0) is 4.79 Å². The van der Waals surface area contributed by atoms with Crippen LogP contribution >= 0.6 is 27.5 Å². The number of methoxy groups -OCH3 is 1. The van der Waals surface area contributed by atoms with Gasteiger partial charge in [0.25, 0.3) is 5.91 Å². The zero-order chi connectivity index (χ0) is 23.1. The highest BCUT2D eigenvalue weighted by Gasteiger charge is 2.14. The van der Waals surface area contributed by atoms with E-state index in [0.29, 0.717) is 21.8 Å². The van der Waals surface area contributed by atoms with Gasteiger partial charge in [-0.15, -0.1) is 0 Å². The minimum atomic E-state index is -0.574. The molecule has 3 rings (SSSR count). The molecule has 1 N–H and O–H groups in total. The van der Waals surface area contributed by atoms with Gasteiger partial charge in [-0.1, -0.05) is 33.6 Å². The molecule has 0 aromatic heterocycles. The number of nitrogens with one attached hydrogen (secondary N) is 1. The highest BCUT2D eigenvalue weighted by atomic mass is 79.9. The van der Waals surface area contributed by atoms with Gasteiger partial charge in [-0.25, -0.2) is 4.79 Å². The second kappa shape index (κ2) is 10.6. The van der Waals surface area contributed by atoms with Gasteiger partial charge in [0.1, 0.15) is 11.6 Å². The molecule has 0 aliphatic carbocycles. The van der Waals surface area contributed by atoms with Crippen LogP contribution in [0.1, 0.15) is 15.9 Å². The first kappa shape index (κ1) is 23.1. The summed E-state index contributed by atoms with van der Waals surface area (Å²) in [6.45, 7) is 0.